The highest BCUT2D eigenvalue weighted by atomic mass is 14.3. The lowest BCUT2D eigenvalue weighted by atomic mass is 9.78. The Labute approximate surface area is 170 Å². The standard InChI is InChI=1S/C28H32/c1-17(2)21-14-15-25(28(19(5)6)27(21)18(3)4)24-13-9-12-23-22-11-8-7-10-20(22)16-26(23)24/h7-15,17-19H,16H2,1-6H3. The van der Waals surface area contributed by atoms with Crippen LogP contribution < -0.4 is 0 Å². The molecule has 4 rings (SSSR count). The highest BCUT2D eigenvalue weighted by Gasteiger charge is 2.25. The zero-order valence-electron chi connectivity index (χ0n) is 18.1. The molecule has 1 aliphatic rings. The molecule has 3 aromatic carbocycles. The quantitative estimate of drug-likeness (QED) is 0.340. The second-order valence-electron chi connectivity index (χ2n) is 9.16. The lowest BCUT2D eigenvalue weighted by Gasteiger charge is -2.26. The van der Waals surface area contributed by atoms with Crippen molar-refractivity contribution in [1.82, 2.24) is 0 Å². The smallest absolute Gasteiger partial charge is 0.000728 e. The summed E-state index contributed by atoms with van der Waals surface area (Å²) in [5.41, 5.74) is 13.3. The molecule has 0 spiro atoms. The highest BCUT2D eigenvalue weighted by molar-refractivity contribution is 5.86. The molecule has 28 heavy (non-hydrogen) atoms. The van der Waals surface area contributed by atoms with E-state index in [-0.39, 0.29) is 0 Å². The summed E-state index contributed by atoms with van der Waals surface area (Å²) in [6.07, 6.45) is 1.04. The van der Waals surface area contributed by atoms with Crippen LogP contribution in [0.2, 0.25) is 0 Å². The van der Waals surface area contributed by atoms with Crippen LogP contribution in [0.1, 0.15) is 87.1 Å². The molecule has 0 radical (unpaired) electrons. The molecule has 0 atom stereocenters. The van der Waals surface area contributed by atoms with Crippen molar-refractivity contribution in [1.29, 1.82) is 0 Å². The third-order valence-electron chi connectivity index (χ3n) is 6.24. The Hall–Kier alpha value is -2.34. The van der Waals surface area contributed by atoms with Crippen LogP contribution in [-0.2, 0) is 6.42 Å². The van der Waals surface area contributed by atoms with E-state index in [1.54, 1.807) is 11.1 Å². The molecule has 0 aliphatic heterocycles. The predicted octanol–water partition coefficient (Wildman–Crippen LogP) is 8.30. The van der Waals surface area contributed by atoms with Crippen molar-refractivity contribution in [3.05, 3.63) is 82.4 Å². The van der Waals surface area contributed by atoms with E-state index in [0.29, 0.717) is 17.8 Å². The highest BCUT2D eigenvalue weighted by Crippen LogP contribution is 2.45. The van der Waals surface area contributed by atoms with Crippen molar-refractivity contribution < 1.29 is 0 Å². The largest absolute Gasteiger partial charge is 0.0619 e. The van der Waals surface area contributed by atoms with Crippen molar-refractivity contribution in [2.24, 2.45) is 0 Å². The molecule has 0 bridgehead atoms. The molecule has 0 heteroatoms. The molecular weight excluding hydrogens is 336 g/mol. The maximum Gasteiger partial charge on any atom is -0.000728 e. The maximum atomic E-state index is 2.40. The third-order valence-corrected chi connectivity index (χ3v) is 6.24. The molecule has 0 aromatic heterocycles. The lowest BCUT2D eigenvalue weighted by molar-refractivity contribution is 0.750. The molecule has 3 aromatic rings. The fraction of sp³-hybridized carbons (Fsp3) is 0.357. The van der Waals surface area contributed by atoms with Gasteiger partial charge in [0.2, 0.25) is 0 Å². The van der Waals surface area contributed by atoms with Crippen LogP contribution >= 0.6 is 0 Å². The summed E-state index contributed by atoms with van der Waals surface area (Å²) >= 11 is 0. The van der Waals surface area contributed by atoms with Crippen LogP contribution in [0, 0.1) is 0 Å². The Bertz CT molecular complexity index is 1020. The SMILES string of the molecule is CC(C)c1ccc(-c2cccc3c2Cc2ccccc2-3)c(C(C)C)c1C(C)C. The van der Waals surface area contributed by atoms with Gasteiger partial charge in [-0.1, -0.05) is 96.1 Å². The van der Waals surface area contributed by atoms with Crippen molar-refractivity contribution in [2.75, 3.05) is 0 Å². The summed E-state index contributed by atoms with van der Waals surface area (Å²) in [6, 6.07) is 20.5. The van der Waals surface area contributed by atoms with E-state index in [1.807, 2.05) is 0 Å². The van der Waals surface area contributed by atoms with Crippen LogP contribution in [0.5, 0.6) is 0 Å². The van der Waals surface area contributed by atoms with Gasteiger partial charge in [-0.05, 0) is 74.2 Å². The van der Waals surface area contributed by atoms with E-state index in [4.69, 9.17) is 0 Å². The van der Waals surface area contributed by atoms with Crippen molar-refractivity contribution in [3.63, 3.8) is 0 Å². The van der Waals surface area contributed by atoms with Crippen molar-refractivity contribution in [3.8, 4) is 22.3 Å². The summed E-state index contributed by atoms with van der Waals surface area (Å²) in [5, 5.41) is 0. The molecular formula is C28H32. The number of rotatable bonds is 4. The molecule has 0 saturated carbocycles. The second kappa shape index (κ2) is 7.24. The molecule has 0 heterocycles. The average Bonchev–Trinajstić information content (AvgIpc) is 3.05. The Morgan fingerprint density at radius 2 is 1.14 bits per heavy atom. The molecule has 0 amide bonds. The first-order valence-corrected chi connectivity index (χ1v) is 10.8. The van der Waals surface area contributed by atoms with Gasteiger partial charge in [-0.2, -0.15) is 0 Å². The fourth-order valence-electron chi connectivity index (χ4n) is 5.07. The Kier molecular flexibility index (Phi) is 4.91. The first-order valence-electron chi connectivity index (χ1n) is 10.8. The summed E-state index contributed by atoms with van der Waals surface area (Å²) in [5.74, 6) is 1.59. The molecule has 0 N–H and O–H groups in total. The summed E-state index contributed by atoms with van der Waals surface area (Å²) in [6.45, 7) is 14.0. The van der Waals surface area contributed by atoms with E-state index in [9.17, 15) is 0 Å². The topological polar surface area (TPSA) is 0 Å². The minimum atomic E-state index is 0.505. The van der Waals surface area contributed by atoms with Gasteiger partial charge >= 0.3 is 0 Å². The number of hydrogen-bond donors (Lipinski definition) is 0. The second-order valence-corrected chi connectivity index (χ2v) is 9.16. The van der Waals surface area contributed by atoms with E-state index in [2.05, 4.69) is 96.1 Å². The van der Waals surface area contributed by atoms with Crippen LogP contribution in [0.15, 0.2) is 54.6 Å². The average molecular weight is 369 g/mol. The monoisotopic (exact) mass is 368 g/mol. The maximum absolute atomic E-state index is 2.40. The van der Waals surface area contributed by atoms with Crippen molar-refractivity contribution in [2.45, 2.75) is 65.7 Å². The normalized spacial score (nSPS) is 12.8. The minimum Gasteiger partial charge on any atom is -0.0619 e. The minimum absolute atomic E-state index is 0.505. The molecule has 0 saturated heterocycles. The van der Waals surface area contributed by atoms with E-state index < -0.39 is 0 Å². The summed E-state index contributed by atoms with van der Waals surface area (Å²) < 4.78 is 0. The van der Waals surface area contributed by atoms with Gasteiger partial charge in [0.25, 0.3) is 0 Å². The van der Waals surface area contributed by atoms with Gasteiger partial charge in [0.1, 0.15) is 0 Å². The van der Waals surface area contributed by atoms with Crippen molar-refractivity contribution >= 4 is 0 Å². The van der Waals surface area contributed by atoms with E-state index >= 15 is 0 Å². The van der Waals surface area contributed by atoms with Gasteiger partial charge in [-0.25, -0.2) is 0 Å². The Morgan fingerprint density at radius 3 is 1.79 bits per heavy atom. The molecule has 144 valence electrons. The molecule has 0 nitrogen and oxygen atoms in total. The first-order chi connectivity index (χ1) is 13.4. The summed E-state index contributed by atoms with van der Waals surface area (Å²) in [7, 11) is 0. The van der Waals surface area contributed by atoms with Crippen LogP contribution in [0.4, 0.5) is 0 Å². The van der Waals surface area contributed by atoms with Gasteiger partial charge in [-0.3, -0.25) is 0 Å². The van der Waals surface area contributed by atoms with E-state index in [1.165, 1.54) is 38.9 Å². The van der Waals surface area contributed by atoms with Gasteiger partial charge in [-0.15, -0.1) is 0 Å². The summed E-state index contributed by atoms with van der Waals surface area (Å²) in [4.78, 5) is 0. The van der Waals surface area contributed by atoms with E-state index in [0.717, 1.165) is 6.42 Å². The zero-order chi connectivity index (χ0) is 20.0. The fourth-order valence-corrected chi connectivity index (χ4v) is 5.07. The zero-order valence-corrected chi connectivity index (χ0v) is 18.1. The van der Waals surface area contributed by atoms with Gasteiger partial charge in [0.05, 0.1) is 0 Å². The van der Waals surface area contributed by atoms with Crippen LogP contribution in [0.3, 0.4) is 0 Å². The predicted molar refractivity (Wildman–Crippen MR) is 122 cm³/mol. The Morgan fingerprint density at radius 1 is 0.536 bits per heavy atom. The van der Waals surface area contributed by atoms with Crippen LogP contribution in [0.25, 0.3) is 22.3 Å². The van der Waals surface area contributed by atoms with Gasteiger partial charge in [0, 0.05) is 0 Å². The Balaban J connectivity index is 1.98. The van der Waals surface area contributed by atoms with Gasteiger partial charge < -0.3 is 0 Å². The van der Waals surface area contributed by atoms with Crippen LogP contribution in [-0.4, -0.2) is 0 Å². The molecule has 1 aliphatic carbocycles. The number of hydrogen-bond acceptors (Lipinski definition) is 0. The first kappa shape index (κ1) is 19.0. The lowest BCUT2D eigenvalue weighted by Crippen LogP contribution is -2.08. The number of benzene rings is 3. The number of fused-ring (bicyclic) bond motifs is 3. The molecule has 0 unspecified atom stereocenters. The third kappa shape index (κ3) is 3.00. The molecule has 0 fully saturated rings. The van der Waals surface area contributed by atoms with Gasteiger partial charge in [0.15, 0.2) is 0 Å².